The number of thiophene rings is 1. The van der Waals surface area contributed by atoms with E-state index in [1.54, 1.807) is 0 Å². The third-order valence-electron chi connectivity index (χ3n) is 8.98. The maximum atomic E-state index is 14.3. The molecule has 1 aromatic carbocycles. The van der Waals surface area contributed by atoms with Crippen LogP contribution in [0.2, 0.25) is 0 Å². The van der Waals surface area contributed by atoms with Crippen molar-refractivity contribution in [2.24, 2.45) is 5.41 Å². The molecule has 2 aromatic heterocycles. The van der Waals surface area contributed by atoms with Crippen molar-refractivity contribution >= 4 is 27.5 Å². The van der Waals surface area contributed by atoms with Gasteiger partial charge in [-0.25, -0.2) is 4.98 Å². The summed E-state index contributed by atoms with van der Waals surface area (Å²) in [7, 11) is 2.28. The van der Waals surface area contributed by atoms with Gasteiger partial charge in [-0.15, -0.1) is 11.3 Å². The number of fused-ring (bicyclic) bond motifs is 2. The van der Waals surface area contributed by atoms with Crippen LogP contribution in [0, 0.1) is 12.3 Å². The molecule has 178 valence electrons. The second-order valence-corrected chi connectivity index (χ2v) is 11.7. The van der Waals surface area contributed by atoms with Crippen molar-refractivity contribution < 1.29 is 4.79 Å². The zero-order chi connectivity index (χ0) is 23.6. The second kappa shape index (κ2) is 8.02. The number of nitrogens with zero attached hydrogens (tertiary/aromatic N) is 3. The minimum atomic E-state index is -0.166. The SMILES string of the molecule is Cc1c(C(=O)N2[C@H]3CCCC[C@H]4N(C)[C@H](Cc5ccccc5)[C@@H]2C[C@@]34C)sc2nc[nH]c(=O)c12. The minimum Gasteiger partial charge on any atom is -0.330 e. The first-order chi connectivity index (χ1) is 16.4. The number of likely N-dealkylation sites (N-methyl/N-ethyl adjacent to an activating group) is 1. The van der Waals surface area contributed by atoms with Crippen LogP contribution in [0.15, 0.2) is 41.5 Å². The monoisotopic (exact) mass is 476 g/mol. The van der Waals surface area contributed by atoms with Crippen LogP contribution in [0.3, 0.4) is 0 Å². The fourth-order valence-corrected chi connectivity index (χ4v) is 8.48. The smallest absolute Gasteiger partial charge is 0.264 e. The number of aromatic amines is 1. The molecular formula is C27H32N4O2S. The van der Waals surface area contributed by atoms with Gasteiger partial charge in [-0.2, -0.15) is 0 Å². The first kappa shape index (κ1) is 22.0. The van der Waals surface area contributed by atoms with Crippen molar-refractivity contribution in [2.45, 2.75) is 76.5 Å². The lowest BCUT2D eigenvalue weighted by atomic mass is 9.69. The van der Waals surface area contributed by atoms with Crippen LogP contribution in [0.25, 0.3) is 10.2 Å². The molecular weight excluding hydrogens is 444 g/mol. The number of aryl methyl sites for hydroxylation is 1. The molecule has 34 heavy (non-hydrogen) atoms. The largest absolute Gasteiger partial charge is 0.330 e. The summed E-state index contributed by atoms with van der Waals surface area (Å²) in [6.45, 7) is 4.32. The van der Waals surface area contributed by atoms with Gasteiger partial charge in [0.15, 0.2) is 0 Å². The van der Waals surface area contributed by atoms with E-state index in [0.717, 1.165) is 31.2 Å². The van der Waals surface area contributed by atoms with E-state index in [1.807, 2.05) is 6.92 Å². The molecule has 6 rings (SSSR count). The van der Waals surface area contributed by atoms with Gasteiger partial charge >= 0.3 is 0 Å². The van der Waals surface area contributed by atoms with E-state index in [-0.39, 0.29) is 35.0 Å². The first-order valence-electron chi connectivity index (χ1n) is 12.5. The van der Waals surface area contributed by atoms with Gasteiger partial charge in [-0.3, -0.25) is 14.5 Å². The Morgan fingerprint density at radius 3 is 2.68 bits per heavy atom. The van der Waals surface area contributed by atoms with E-state index < -0.39 is 0 Å². The van der Waals surface area contributed by atoms with Gasteiger partial charge in [0.25, 0.3) is 11.5 Å². The number of rotatable bonds is 3. The van der Waals surface area contributed by atoms with Gasteiger partial charge in [0, 0.05) is 29.6 Å². The molecule has 1 amide bonds. The van der Waals surface area contributed by atoms with Gasteiger partial charge in [-0.05, 0) is 50.8 Å². The molecule has 7 heteroatoms. The number of likely N-dealkylation sites (tertiary alicyclic amines) is 2. The van der Waals surface area contributed by atoms with Crippen LogP contribution in [-0.2, 0) is 6.42 Å². The van der Waals surface area contributed by atoms with E-state index in [1.165, 1.54) is 36.1 Å². The summed E-state index contributed by atoms with van der Waals surface area (Å²) in [5.41, 5.74) is 2.02. The maximum absolute atomic E-state index is 14.3. The summed E-state index contributed by atoms with van der Waals surface area (Å²) in [6, 6.07) is 11.8. The van der Waals surface area contributed by atoms with E-state index in [0.29, 0.717) is 21.1 Å². The Balaban J connectivity index is 1.46. The predicted octanol–water partition coefficient (Wildman–Crippen LogP) is 4.38. The van der Waals surface area contributed by atoms with Crippen LogP contribution in [0.5, 0.6) is 0 Å². The molecule has 3 fully saturated rings. The third-order valence-corrected chi connectivity index (χ3v) is 10.2. The summed E-state index contributed by atoms with van der Waals surface area (Å²) in [4.78, 5) is 40.0. The van der Waals surface area contributed by atoms with Gasteiger partial charge in [0.05, 0.1) is 16.6 Å². The number of carbonyl (C=O) groups is 1. The van der Waals surface area contributed by atoms with Gasteiger partial charge in [0.1, 0.15) is 4.83 Å². The summed E-state index contributed by atoms with van der Waals surface area (Å²) in [5, 5.41) is 0.556. The minimum absolute atomic E-state index is 0.0904. The number of H-pyrrole nitrogens is 1. The molecule has 3 aromatic rings. The zero-order valence-electron chi connectivity index (χ0n) is 20.1. The topological polar surface area (TPSA) is 69.3 Å². The highest BCUT2D eigenvalue weighted by atomic mass is 32.1. The number of amides is 1. The maximum Gasteiger partial charge on any atom is 0.264 e. The Morgan fingerprint density at radius 2 is 1.94 bits per heavy atom. The number of carbonyl (C=O) groups excluding carboxylic acids is 1. The number of hydrogen-bond acceptors (Lipinski definition) is 5. The standard InChI is InChI=1S/C27H32N4O2S/c1-16-22-24(32)28-15-29-25(22)34-23(16)26(33)31-19-14-27(2)20(11-7-8-12-21(27)31)30(3)18(19)13-17-9-5-4-6-10-17/h4-6,9-10,15,18-21H,7-8,11-14H2,1-3H3,(H,28,29,32)/t18-,19+,20-,21+,27-/m1/s1. The van der Waals surface area contributed by atoms with Crippen molar-refractivity contribution in [1.29, 1.82) is 0 Å². The molecule has 2 aliphatic heterocycles. The molecule has 2 saturated heterocycles. The van der Waals surface area contributed by atoms with Crippen molar-refractivity contribution in [3.63, 3.8) is 0 Å². The van der Waals surface area contributed by atoms with E-state index in [4.69, 9.17) is 0 Å². The molecule has 2 bridgehead atoms. The quantitative estimate of drug-likeness (QED) is 0.609. The lowest BCUT2D eigenvalue weighted by molar-refractivity contribution is 0.0156. The number of benzene rings is 1. The van der Waals surface area contributed by atoms with Crippen LogP contribution in [-0.4, -0.2) is 56.9 Å². The number of piperidine rings is 1. The van der Waals surface area contributed by atoms with E-state index >= 15 is 0 Å². The summed E-state index contributed by atoms with van der Waals surface area (Å²) < 4.78 is 0. The summed E-state index contributed by atoms with van der Waals surface area (Å²) in [6.07, 6.45) is 8.06. The number of nitrogens with one attached hydrogen (secondary N) is 1. The fraction of sp³-hybridized carbons (Fsp3) is 0.519. The first-order valence-corrected chi connectivity index (χ1v) is 13.3. The van der Waals surface area contributed by atoms with Crippen molar-refractivity contribution in [1.82, 2.24) is 19.8 Å². The summed E-state index contributed by atoms with van der Waals surface area (Å²) >= 11 is 1.37. The van der Waals surface area contributed by atoms with Gasteiger partial charge in [-0.1, -0.05) is 50.1 Å². The Labute approximate surface area is 204 Å². The van der Waals surface area contributed by atoms with Crippen molar-refractivity contribution in [3.05, 3.63) is 63.0 Å². The van der Waals surface area contributed by atoms with Crippen LogP contribution in [0.1, 0.15) is 59.8 Å². The van der Waals surface area contributed by atoms with Gasteiger partial charge in [0.2, 0.25) is 0 Å². The molecule has 6 nitrogen and oxygen atoms in total. The van der Waals surface area contributed by atoms with Crippen LogP contribution >= 0.6 is 11.3 Å². The van der Waals surface area contributed by atoms with Crippen LogP contribution in [0.4, 0.5) is 0 Å². The van der Waals surface area contributed by atoms with Crippen molar-refractivity contribution in [3.8, 4) is 0 Å². The normalized spacial score (nSPS) is 31.1. The Hall–Kier alpha value is -2.51. The lowest BCUT2D eigenvalue weighted by Gasteiger charge is -2.49. The van der Waals surface area contributed by atoms with Crippen LogP contribution < -0.4 is 5.56 Å². The Morgan fingerprint density at radius 1 is 1.21 bits per heavy atom. The van der Waals surface area contributed by atoms with E-state index in [2.05, 4.69) is 64.1 Å². The molecule has 0 unspecified atom stereocenters. The lowest BCUT2D eigenvalue weighted by Crippen LogP contribution is -2.58. The summed E-state index contributed by atoms with van der Waals surface area (Å²) in [5.74, 6) is 0.0904. The predicted molar refractivity (Wildman–Crippen MR) is 135 cm³/mol. The third kappa shape index (κ3) is 3.13. The van der Waals surface area contributed by atoms with Gasteiger partial charge < -0.3 is 9.88 Å². The number of hydrogen-bond donors (Lipinski definition) is 1. The molecule has 1 saturated carbocycles. The second-order valence-electron chi connectivity index (χ2n) is 10.7. The zero-order valence-corrected chi connectivity index (χ0v) is 20.9. The molecule has 1 N–H and O–H groups in total. The molecule has 0 spiro atoms. The molecule has 0 radical (unpaired) electrons. The Bertz CT molecular complexity index is 1300. The highest BCUT2D eigenvalue weighted by molar-refractivity contribution is 7.20. The average Bonchev–Trinajstić information content (AvgIpc) is 3.24. The van der Waals surface area contributed by atoms with Crippen molar-refractivity contribution in [2.75, 3.05) is 7.05 Å². The molecule has 5 atom stereocenters. The fourth-order valence-electron chi connectivity index (χ4n) is 7.39. The highest BCUT2D eigenvalue weighted by Crippen LogP contribution is 2.55. The van der Waals surface area contributed by atoms with E-state index in [9.17, 15) is 9.59 Å². The molecule has 4 heterocycles. The molecule has 3 aliphatic rings. The highest BCUT2D eigenvalue weighted by Gasteiger charge is 2.62. The average molecular weight is 477 g/mol. The molecule has 1 aliphatic carbocycles. The Kier molecular flexibility index (Phi) is 5.19. The number of aromatic nitrogens is 2.